The van der Waals surface area contributed by atoms with E-state index >= 15 is 0 Å². The first kappa shape index (κ1) is 17.0. The molecule has 0 bridgehead atoms. The van der Waals surface area contributed by atoms with Gasteiger partial charge in [0.15, 0.2) is 0 Å². The molecule has 0 aliphatic carbocycles. The summed E-state index contributed by atoms with van der Waals surface area (Å²) in [7, 11) is 0. The molecule has 1 unspecified atom stereocenters. The Labute approximate surface area is 136 Å². The lowest BCUT2D eigenvalue weighted by Crippen LogP contribution is -2.23. The van der Waals surface area contributed by atoms with Gasteiger partial charge in [-0.1, -0.05) is 48.5 Å². The first-order valence-electron chi connectivity index (χ1n) is 7.55. The molecule has 4 heteroatoms. The first-order valence-corrected chi connectivity index (χ1v) is 7.55. The molecule has 0 aliphatic heterocycles. The highest BCUT2D eigenvalue weighted by Gasteiger charge is 2.22. The number of hydrogen-bond acceptors (Lipinski definition) is 3. The van der Waals surface area contributed by atoms with Crippen molar-refractivity contribution in [3.63, 3.8) is 0 Å². The second kappa shape index (κ2) is 7.29. The van der Waals surface area contributed by atoms with Crippen molar-refractivity contribution in [1.82, 2.24) is 0 Å². The Kier molecular flexibility index (Phi) is 5.40. The van der Waals surface area contributed by atoms with Crippen LogP contribution < -0.4 is 4.74 Å². The van der Waals surface area contributed by atoms with Crippen LogP contribution >= 0.6 is 0 Å². The largest absolute Gasteiger partial charge is 0.511 e. The molecule has 0 spiro atoms. The van der Waals surface area contributed by atoms with Crippen LogP contribution in [0, 0.1) is 0 Å². The van der Waals surface area contributed by atoms with E-state index in [2.05, 4.69) is 0 Å². The topological polar surface area (TPSA) is 55.8 Å². The fourth-order valence-corrected chi connectivity index (χ4v) is 2.34. The van der Waals surface area contributed by atoms with E-state index < -0.39 is 6.16 Å². The smallest absolute Gasteiger partial charge is 0.449 e. The average molecular weight is 314 g/mol. The molecule has 4 nitrogen and oxygen atoms in total. The molecule has 2 aromatic rings. The zero-order valence-corrected chi connectivity index (χ0v) is 13.7. The number of hydrogen-bond donors (Lipinski definition) is 1. The van der Waals surface area contributed by atoms with Crippen molar-refractivity contribution in [2.45, 2.75) is 32.3 Å². The van der Waals surface area contributed by atoms with E-state index in [0.717, 1.165) is 11.1 Å². The molecule has 0 aliphatic rings. The molecular formula is C19H22O4. The Morgan fingerprint density at radius 3 is 2.26 bits per heavy atom. The van der Waals surface area contributed by atoms with Crippen LogP contribution in [0.4, 0.5) is 4.79 Å². The Morgan fingerprint density at radius 1 is 1.04 bits per heavy atom. The standard InChI is InChI=1S/C19H22O4/c1-19(2,3)22-13-16(14-9-5-4-6-10-14)15-11-7-8-12-17(15)23-18(20)21/h4-12,16H,13H2,1-3H3,(H,20,21). The van der Waals surface area contributed by atoms with E-state index in [0.29, 0.717) is 12.4 Å². The summed E-state index contributed by atoms with van der Waals surface area (Å²) in [5.74, 6) is 0.234. The molecule has 0 saturated carbocycles. The van der Waals surface area contributed by atoms with Gasteiger partial charge in [-0.3, -0.25) is 0 Å². The summed E-state index contributed by atoms with van der Waals surface area (Å²) in [4.78, 5) is 10.9. The van der Waals surface area contributed by atoms with Gasteiger partial charge in [0.1, 0.15) is 5.75 Å². The molecule has 0 aromatic heterocycles. The van der Waals surface area contributed by atoms with Crippen molar-refractivity contribution < 1.29 is 19.4 Å². The van der Waals surface area contributed by atoms with Crippen LogP contribution in [0.5, 0.6) is 5.75 Å². The third kappa shape index (κ3) is 5.11. The van der Waals surface area contributed by atoms with Crippen molar-refractivity contribution in [2.24, 2.45) is 0 Å². The van der Waals surface area contributed by atoms with Gasteiger partial charge >= 0.3 is 6.16 Å². The maximum absolute atomic E-state index is 10.9. The van der Waals surface area contributed by atoms with Gasteiger partial charge in [-0.25, -0.2) is 4.79 Å². The minimum Gasteiger partial charge on any atom is -0.449 e. The summed E-state index contributed by atoms with van der Waals surface area (Å²) in [5.41, 5.74) is 1.57. The van der Waals surface area contributed by atoms with E-state index in [1.807, 2.05) is 63.2 Å². The Hall–Kier alpha value is -2.33. The third-order valence-corrected chi connectivity index (χ3v) is 3.38. The number of carboxylic acid groups (broad SMARTS) is 1. The van der Waals surface area contributed by atoms with E-state index in [-0.39, 0.29) is 11.5 Å². The van der Waals surface area contributed by atoms with Gasteiger partial charge in [0, 0.05) is 11.5 Å². The second-order valence-electron chi connectivity index (χ2n) is 6.29. The Balaban J connectivity index is 2.39. The van der Waals surface area contributed by atoms with Gasteiger partial charge in [-0.2, -0.15) is 0 Å². The normalized spacial score (nSPS) is 12.7. The maximum Gasteiger partial charge on any atom is 0.511 e. The van der Waals surface area contributed by atoms with Crippen molar-refractivity contribution in [1.29, 1.82) is 0 Å². The molecule has 0 fully saturated rings. The van der Waals surface area contributed by atoms with Crippen molar-refractivity contribution in [3.05, 3.63) is 65.7 Å². The molecule has 1 atom stereocenters. The molecule has 0 radical (unpaired) electrons. The quantitative estimate of drug-likeness (QED) is 0.642. The van der Waals surface area contributed by atoms with Gasteiger partial charge in [-0.15, -0.1) is 0 Å². The summed E-state index contributed by atoms with van der Waals surface area (Å²) < 4.78 is 10.9. The van der Waals surface area contributed by atoms with Crippen LogP contribution in [-0.4, -0.2) is 23.5 Å². The maximum atomic E-state index is 10.9. The molecule has 0 heterocycles. The van der Waals surface area contributed by atoms with Crippen molar-refractivity contribution in [3.8, 4) is 5.75 Å². The second-order valence-corrected chi connectivity index (χ2v) is 6.29. The van der Waals surface area contributed by atoms with E-state index in [4.69, 9.17) is 14.6 Å². The monoisotopic (exact) mass is 314 g/mol. The van der Waals surface area contributed by atoms with Crippen LogP contribution in [-0.2, 0) is 4.74 Å². The molecule has 23 heavy (non-hydrogen) atoms. The molecule has 122 valence electrons. The van der Waals surface area contributed by atoms with Gasteiger partial charge in [0.05, 0.1) is 12.2 Å². The van der Waals surface area contributed by atoms with Crippen LogP contribution in [0.25, 0.3) is 0 Å². The molecule has 0 saturated heterocycles. The number of benzene rings is 2. The minimum absolute atomic E-state index is 0.106. The predicted octanol–water partition coefficient (Wildman–Crippen LogP) is 4.69. The van der Waals surface area contributed by atoms with Gasteiger partial charge in [0.2, 0.25) is 0 Å². The zero-order chi connectivity index (χ0) is 16.9. The predicted molar refractivity (Wildman–Crippen MR) is 89.1 cm³/mol. The van der Waals surface area contributed by atoms with Gasteiger partial charge in [0.25, 0.3) is 0 Å². The summed E-state index contributed by atoms with van der Waals surface area (Å²) >= 11 is 0. The van der Waals surface area contributed by atoms with E-state index in [9.17, 15) is 4.79 Å². The fraction of sp³-hybridized carbons (Fsp3) is 0.316. The highest BCUT2D eigenvalue weighted by molar-refractivity contribution is 5.62. The van der Waals surface area contributed by atoms with Crippen LogP contribution in [0.1, 0.15) is 37.8 Å². The number of carbonyl (C=O) groups is 1. The van der Waals surface area contributed by atoms with Crippen molar-refractivity contribution >= 4 is 6.16 Å². The molecule has 0 amide bonds. The summed E-state index contributed by atoms with van der Waals surface area (Å²) in [5, 5.41) is 8.95. The number of rotatable bonds is 5. The minimum atomic E-state index is -1.32. The Morgan fingerprint density at radius 2 is 1.65 bits per heavy atom. The first-order chi connectivity index (χ1) is 10.9. The summed E-state index contributed by atoms with van der Waals surface area (Å²) in [6.45, 7) is 6.42. The molecule has 2 aromatic carbocycles. The number of para-hydroxylation sites is 1. The highest BCUT2D eigenvalue weighted by atomic mass is 16.7. The Bertz CT molecular complexity index is 644. The third-order valence-electron chi connectivity index (χ3n) is 3.38. The lowest BCUT2D eigenvalue weighted by atomic mass is 9.91. The van der Waals surface area contributed by atoms with Crippen LogP contribution in [0.2, 0.25) is 0 Å². The SMILES string of the molecule is CC(C)(C)OCC(c1ccccc1)c1ccccc1OC(=O)O. The molecule has 1 N–H and O–H groups in total. The van der Waals surface area contributed by atoms with Crippen LogP contribution in [0.15, 0.2) is 54.6 Å². The lowest BCUT2D eigenvalue weighted by molar-refractivity contribution is -0.00690. The summed E-state index contributed by atoms with van der Waals surface area (Å²) in [6.07, 6.45) is -1.32. The van der Waals surface area contributed by atoms with Crippen molar-refractivity contribution in [2.75, 3.05) is 6.61 Å². The van der Waals surface area contributed by atoms with E-state index in [1.54, 1.807) is 12.1 Å². The summed E-state index contributed by atoms with van der Waals surface area (Å²) in [6, 6.07) is 17.1. The van der Waals surface area contributed by atoms with E-state index in [1.165, 1.54) is 0 Å². The molecular weight excluding hydrogens is 292 g/mol. The fourth-order valence-electron chi connectivity index (χ4n) is 2.34. The zero-order valence-electron chi connectivity index (χ0n) is 13.7. The average Bonchev–Trinajstić information content (AvgIpc) is 2.48. The van der Waals surface area contributed by atoms with Crippen LogP contribution in [0.3, 0.4) is 0 Å². The lowest BCUT2D eigenvalue weighted by Gasteiger charge is -2.26. The molecule has 2 rings (SSSR count). The highest BCUT2D eigenvalue weighted by Crippen LogP contribution is 2.33. The van der Waals surface area contributed by atoms with Gasteiger partial charge < -0.3 is 14.6 Å². The number of ether oxygens (including phenoxy) is 2. The van der Waals surface area contributed by atoms with Gasteiger partial charge in [-0.05, 0) is 32.4 Å².